The largest absolute Gasteiger partial charge is 0.399 e. The Kier molecular flexibility index (Phi) is 4.29. The van der Waals surface area contributed by atoms with Crippen LogP contribution in [-0.4, -0.2) is 19.8 Å². The van der Waals surface area contributed by atoms with Crippen LogP contribution in [0.1, 0.15) is 11.1 Å². The maximum atomic E-state index is 13.2. The number of nitrogens with zero attached hydrogens (tertiary/aromatic N) is 1. The molecule has 4 nitrogen and oxygen atoms in total. The predicted molar refractivity (Wildman–Crippen MR) is 80.6 cm³/mol. The first-order chi connectivity index (χ1) is 9.80. The molecule has 0 radical (unpaired) electrons. The average Bonchev–Trinajstić information content (AvgIpc) is 2.41. The van der Waals surface area contributed by atoms with Gasteiger partial charge in [0.25, 0.3) is 0 Å². The molecule has 0 amide bonds. The smallest absolute Gasteiger partial charge is 0.243 e. The maximum absolute atomic E-state index is 13.2. The standard InChI is InChI=1S/C15H17FN2O2S/c1-11-6-7-14(17)9-15(11)21(19,20)18(2)10-12-4-3-5-13(16)8-12/h3-9H,10,17H2,1-2H3. The van der Waals surface area contributed by atoms with Crippen LogP contribution in [0.3, 0.4) is 0 Å². The summed E-state index contributed by atoms with van der Waals surface area (Å²) in [4.78, 5) is 0.168. The Morgan fingerprint density at radius 3 is 2.57 bits per heavy atom. The summed E-state index contributed by atoms with van der Waals surface area (Å²) < 4.78 is 39.5. The fourth-order valence-corrected chi connectivity index (χ4v) is 3.45. The van der Waals surface area contributed by atoms with Gasteiger partial charge >= 0.3 is 0 Å². The van der Waals surface area contributed by atoms with E-state index in [0.717, 1.165) is 0 Å². The summed E-state index contributed by atoms with van der Waals surface area (Å²) in [7, 11) is -2.21. The topological polar surface area (TPSA) is 63.4 Å². The van der Waals surface area contributed by atoms with Crippen molar-refractivity contribution >= 4 is 15.7 Å². The molecule has 0 bridgehead atoms. The van der Waals surface area contributed by atoms with Gasteiger partial charge in [0.05, 0.1) is 4.90 Å². The van der Waals surface area contributed by atoms with Gasteiger partial charge in [-0.1, -0.05) is 18.2 Å². The van der Waals surface area contributed by atoms with Crippen LogP contribution in [-0.2, 0) is 16.6 Å². The second-order valence-corrected chi connectivity index (χ2v) is 6.93. The van der Waals surface area contributed by atoms with Crippen LogP contribution in [0.15, 0.2) is 47.4 Å². The summed E-state index contributed by atoms with van der Waals surface area (Å²) in [5, 5.41) is 0. The molecule has 0 aliphatic rings. The van der Waals surface area contributed by atoms with Gasteiger partial charge in [0.1, 0.15) is 5.82 Å². The third-order valence-electron chi connectivity index (χ3n) is 3.19. The van der Waals surface area contributed by atoms with E-state index in [0.29, 0.717) is 16.8 Å². The molecule has 0 atom stereocenters. The molecule has 0 unspecified atom stereocenters. The van der Waals surface area contributed by atoms with Crippen LogP contribution in [0, 0.1) is 12.7 Å². The van der Waals surface area contributed by atoms with Gasteiger partial charge in [-0.2, -0.15) is 4.31 Å². The molecule has 0 aliphatic carbocycles. The summed E-state index contributed by atoms with van der Waals surface area (Å²) >= 11 is 0. The summed E-state index contributed by atoms with van der Waals surface area (Å²) in [6, 6.07) is 10.6. The number of anilines is 1. The quantitative estimate of drug-likeness (QED) is 0.883. The van der Waals surface area contributed by atoms with Crippen molar-refractivity contribution < 1.29 is 12.8 Å². The van der Waals surface area contributed by atoms with Crippen molar-refractivity contribution in [1.82, 2.24) is 4.31 Å². The van der Waals surface area contributed by atoms with E-state index in [1.807, 2.05) is 0 Å². The molecular weight excluding hydrogens is 291 g/mol. The molecule has 0 spiro atoms. The van der Waals surface area contributed by atoms with Crippen molar-refractivity contribution in [2.45, 2.75) is 18.4 Å². The lowest BCUT2D eigenvalue weighted by atomic mass is 10.2. The zero-order valence-corrected chi connectivity index (χ0v) is 12.7. The van der Waals surface area contributed by atoms with E-state index >= 15 is 0 Å². The van der Waals surface area contributed by atoms with Gasteiger partial charge in [0.15, 0.2) is 0 Å². The molecule has 0 fully saturated rings. The molecule has 2 aromatic rings. The van der Waals surface area contributed by atoms with Gasteiger partial charge in [0, 0.05) is 19.3 Å². The summed E-state index contributed by atoms with van der Waals surface area (Å²) in [5.74, 6) is -0.390. The van der Waals surface area contributed by atoms with E-state index in [1.54, 1.807) is 31.2 Å². The van der Waals surface area contributed by atoms with Crippen molar-refractivity contribution in [2.24, 2.45) is 0 Å². The van der Waals surface area contributed by atoms with E-state index in [1.165, 1.54) is 29.6 Å². The molecule has 0 heterocycles. The lowest BCUT2D eigenvalue weighted by molar-refractivity contribution is 0.465. The summed E-state index contributed by atoms with van der Waals surface area (Å²) in [5.41, 5.74) is 7.26. The normalized spacial score (nSPS) is 11.8. The fraction of sp³-hybridized carbons (Fsp3) is 0.200. The van der Waals surface area contributed by atoms with Gasteiger partial charge in [-0.15, -0.1) is 0 Å². The molecule has 6 heteroatoms. The monoisotopic (exact) mass is 308 g/mol. The molecule has 2 aromatic carbocycles. The number of hydrogen-bond donors (Lipinski definition) is 1. The number of aryl methyl sites for hydroxylation is 1. The fourth-order valence-electron chi connectivity index (χ4n) is 2.04. The Hall–Kier alpha value is -1.92. The molecule has 0 saturated heterocycles. The highest BCUT2D eigenvalue weighted by molar-refractivity contribution is 7.89. The summed E-state index contributed by atoms with van der Waals surface area (Å²) in [6.45, 7) is 1.80. The van der Waals surface area contributed by atoms with E-state index in [9.17, 15) is 12.8 Å². The van der Waals surface area contributed by atoms with Crippen LogP contribution in [0.25, 0.3) is 0 Å². The molecule has 112 valence electrons. The molecule has 2 rings (SSSR count). The van der Waals surface area contributed by atoms with Crippen molar-refractivity contribution in [3.8, 4) is 0 Å². The van der Waals surface area contributed by atoms with Crippen molar-refractivity contribution in [3.05, 3.63) is 59.4 Å². The number of nitrogen functional groups attached to an aromatic ring is 1. The zero-order chi connectivity index (χ0) is 15.6. The number of benzene rings is 2. The zero-order valence-electron chi connectivity index (χ0n) is 11.9. The number of halogens is 1. The number of sulfonamides is 1. The second-order valence-electron chi connectivity index (χ2n) is 4.92. The first-order valence-corrected chi connectivity index (χ1v) is 7.81. The highest BCUT2D eigenvalue weighted by atomic mass is 32.2. The minimum Gasteiger partial charge on any atom is -0.399 e. The third kappa shape index (κ3) is 3.40. The SMILES string of the molecule is Cc1ccc(N)cc1S(=O)(=O)N(C)Cc1cccc(F)c1. The van der Waals surface area contributed by atoms with Gasteiger partial charge in [-0.05, 0) is 42.3 Å². The minimum absolute atomic E-state index is 0.0916. The van der Waals surface area contributed by atoms with E-state index in [2.05, 4.69) is 0 Å². The highest BCUT2D eigenvalue weighted by Gasteiger charge is 2.23. The van der Waals surface area contributed by atoms with E-state index in [4.69, 9.17) is 5.73 Å². The Morgan fingerprint density at radius 2 is 1.90 bits per heavy atom. The maximum Gasteiger partial charge on any atom is 0.243 e. The van der Waals surface area contributed by atoms with Crippen LogP contribution in [0.2, 0.25) is 0 Å². The predicted octanol–water partition coefficient (Wildman–Crippen LogP) is 2.54. The molecular formula is C15H17FN2O2S. The number of rotatable bonds is 4. The average molecular weight is 308 g/mol. The van der Waals surface area contributed by atoms with Crippen LogP contribution in [0.5, 0.6) is 0 Å². The Morgan fingerprint density at radius 1 is 1.19 bits per heavy atom. The number of hydrogen-bond acceptors (Lipinski definition) is 3. The number of nitrogens with two attached hydrogens (primary N) is 1. The van der Waals surface area contributed by atoms with Gasteiger partial charge in [-0.25, -0.2) is 12.8 Å². The first kappa shape index (κ1) is 15.5. The van der Waals surface area contributed by atoms with Crippen molar-refractivity contribution in [3.63, 3.8) is 0 Å². The van der Waals surface area contributed by atoms with Gasteiger partial charge in [-0.3, -0.25) is 0 Å². The van der Waals surface area contributed by atoms with E-state index in [-0.39, 0.29) is 11.4 Å². The van der Waals surface area contributed by atoms with Gasteiger partial charge < -0.3 is 5.73 Å². The Balaban J connectivity index is 2.33. The van der Waals surface area contributed by atoms with E-state index < -0.39 is 15.8 Å². The minimum atomic E-state index is -3.67. The molecule has 0 aliphatic heterocycles. The molecule has 2 N–H and O–H groups in total. The molecule has 0 aromatic heterocycles. The lowest BCUT2D eigenvalue weighted by Crippen LogP contribution is -2.27. The molecule has 21 heavy (non-hydrogen) atoms. The van der Waals surface area contributed by atoms with Crippen molar-refractivity contribution in [1.29, 1.82) is 0 Å². The van der Waals surface area contributed by atoms with Gasteiger partial charge in [0.2, 0.25) is 10.0 Å². The lowest BCUT2D eigenvalue weighted by Gasteiger charge is -2.19. The van der Waals surface area contributed by atoms with Crippen LogP contribution < -0.4 is 5.73 Å². The Bertz CT molecular complexity index is 760. The second kappa shape index (κ2) is 5.83. The Labute approximate surface area is 124 Å². The van der Waals surface area contributed by atoms with Crippen LogP contribution in [0.4, 0.5) is 10.1 Å². The van der Waals surface area contributed by atoms with Crippen molar-refractivity contribution in [2.75, 3.05) is 12.8 Å². The molecule has 0 saturated carbocycles. The third-order valence-corrected chi connectivity index (χ3v) is 5.14. The highest BCUT2D eigenvalue weighted by Crippen LogP contribution is 2.22. The summed E-state index contributed by atoms with van der Waals surface area (Å²) in [6.07, 6.45) is 0. The van der Waals surface area contributed by atoms with Crippen LogP contribution >= 0.6 is 0 Å². The first-order valence-electron chi connectivity index (χ1n) is 6.37.